The van der Waals surface area contributed by atoms with Crippen molar-refractivity contribution >= 4 is 7.82 Å². The van der Waals surface area contributed by atoms with Crippen LogP contribution in [-0.2, 0) is 13.8 Å². The van der Waals surface area contributed by atoms with Gasteiger partial charge in [-0.15, -0.1) is 0 Å². The highest BCUT2D eigenvalue weighted by molar-refractivity contribution is 7.46. The molecule has 0 aromatic carbocycles. The van der Waals surface area contributed by atoms with Crippen LogP contribution in [-0.4, -0.2) is 59.7 Å². The van der Waals surface area contributed by atoms with Crippen LogP contribution in [0, 0.1) is 0 Å². The van der Waals surface area contributed by atoms with Crippen LogP contribution in [0.4, 0.5) is 0 Å². The Labute approximate surface area is 115 Å². The second-order valence-corrected chi connectivity index (χ2v) is 5.46. The van der Waals surface area contributed by atoms with Crippen molar-refractivity contribution in [1.82, 2.24) is 14.8 Å². The predicted molar refractivity (Wildman–Crippen MR) is 63.0 cm³/mol. The smallest absolute Gasteiger partial charge is 0.387 e. The zero-order chi connectivity index (χ0) is 15.8. The first-order valence-corrected chi connectivity index (χ1v) is 7.12. The Morgan fingerprint density at radius 3 is 2.62 bits per heavy atom. The Morgan fingerprint density at radius 1 is 1.38 bits per heavy atom. The molecular formula is C8H12N3O9P. The molecule has 0 aliphatic carbocycles. The van der Waals surface area contributed by atoms with Gasteiger partial charge < -0.3 is 24.7 Å². The molecule has 21 heavy (non-hydrogen) atoms. The first kappa shape index (κ1) is 16.0. The molecule has 1 aromatic rings. The summed E-state index contributed by atoms with van der Waals surface area (Å²) in [6.07, 6.45) is -5.13. The second-order valence-electron chi connectivity index (χ2n) is 4.22. The van der Waals surface area contributed by atoms with Gasteiger partial charge in [-0.05, 0) is 0 Å². The molecule has 12 nitrogen and oxygen atoms in total. The van der Waals surface area contributed by atoms with Gasteiger partial charge in [-0.2, -0.15) is 9.78 Å². The van der Waals surface area contributed by atoms with Gasteiger partial charge in [-0.3, -0.25) is 14.3 Å². The molecule has 0 saturated carbocycles. The third kappa shape index (κ3) is 3.63. The normalized spacial score (nSPS) is 29.7. The molecule has 0 unspecified atom stereocenters. The van der Waals surface area contributed by atoms with E-state index in [-0.39, 0.29) is 0 Å². The van der Waals surface area contributed by atoms with Gasteiger partial charge in [0.15, 0.2) is 6.23 Å². The molecule has 118 valence electrons. The zero-order valence-electron chi connectivity index (χ0n) is 10.3. The number of phosphoric acid groups is 1. The summed E-state index contributed by atoms with van der Waals surface area (Å²) in [5, 5.41) is 23.0. The zero-order valence-corrected chi connectivity index (χ0v) is 11.2. The first-order chi connectivity index (χ1) is 9.69. The molecule has 5 N–H and O–H groups in total. The Hall–Kier alpha value is -1.40. The summed E-state index contributed by atoms with van der Waals surface area (Å²) in [7, 11) is -4.78. The molecule has 1 saturated heterocycles. The lowest BCUT2D eigenvalue weighted by Crippen LogP contribution is -2.39. The van der Waals surface area contributed by atoms with Gasteiger partial charge in [-0.25, -0.2) is 9.36 Å². The van der Waals surface area contributed by atoms with Crippen LogP contribution >= 0.6 is 7.82 Å². The number of hydrogen-bond donors (Lipinski definition) is 5. The highest BCUT2D eigenvalue weighted by Gasteiger charge is 2.45. The fourth-order valence-electron chi connectivity index (χ4n) is 1.78. The first-order valence-electron chi connectivity index (χ1n) is 5.59. The fourth-order valence-corrected chi connectivity index (χ4v) is 2.12. The molecule has 4 atom stereocenters. The Bertz CT molecular complexity index is 665. The van der Waals surface area contributed by atoms with Crippen molar-refractivity contribution in [3.05, 3.63) is 27.0 Å². The van der Waals surface area contributed by atoms with E-state index >= 15 is 0 Å². The lowest BCUT2D eigenvalue weighted by Gasteiger charge is -2.15. The molecule has 1 aliphatic rings. The van der Waals surface area contributed by atoms with Crippen LogP contribution in [0.3, 0.4) is 0 Å². The number of H-pyrrole nitrogens is 1. The fraction of sp³-hybridized carbons (Fsp3) is 0.625. The van der Waals surface area contributed by atoms with Gasteiger partial charge in [0.2, 0.25) is 0 Å². The number of aliphatic hydroxyl groups is 2. The van der Waals surface area contributed by atoms with Crippen molar-refractivity contribution in [3.63, 3.8) is 0 Å². The van der Waals surface area contributed by atoms with Crippen LogP contribution in [0.1, 0.15) is 6.23 Å². The summed E-state index contributed by atoms with van der Waals surface area (Å²) in [6, 6.07) is 0. The van der Waals surface area contributed by atoms with E-state index in [1.54, 1.807) is 0 Å². The van der Waals surface area contributed by atoms with Gasteiger partial charge in [0.05, 0.1) is 6.61 Å². The Kier molecular flexibility index (Phi) is 4.39. The topological polar surface area (TPSA) is 184 Å². The number of ether oxygens (including phenoxy) is 1. The highest BCUT2D eigenvalue weighted by atomic mass is 31.2. The highest BCUT2D eigenvalue weighted by Crippen LogP contribution is 2.38. The van der Waals surface area contributed by atoms with E-state index in [0.717, 1.165) is 6.20 Å². The average molecular weight is 325 g/mol. The quantitative estimate of drug-likeness (QED) is 0.350. The Balaban J connectivity index is 2.18. The maximum atomic E-state index is 11.5. The van der Waals surface area contributed by atoms with Gasteiger partial charge in [0, 0.05) is 0 Å². The lowest BCUT2D eigenvalue weighted by molar-refractivity contribution is -0.0610. The van der Waals surface area contributed by atoms with Gasteiger partial charge in [0.25, 0.3) is 5.56 Å². The molecule has 2 heterocycles. The molecule has 0 bridgehead atoms. The van der Waals surface area contributed by atoms with Gasteiger partial charge >= 0.3 is 13.5 Å². The number of rotatable bonds is 4. The maximum absolute atomic E-state index is 11.5. The van der Waals surface area contributed by atoms with Crippen LogP contribution in [0.25, 0.3) is 0 Å². The van der Waals surface area contributed by atoms with E-state index in [0.29, 0.717) is 4.68 Å². The standard InChI is InChI=1S/C8H12N3O9P/c12-4-1-9-11(8(15)10-4)7-6(14)5(13)3(20-7)2-19-21(16,17)18/h1,3,5-7,13-14H,2H2,(H,10,12,15)(H2,16,17,18)/t3-,5+,6-,7-/m0/s1. The third-order valence-electron chi connectivity index (χ3n) is 2.72. The van der Waals surface area contributed by atoms with E-state index in [2.05, 4.69) is 9.62 Å². The van der Waals surface area contributed by atoms with Gasteiger partial charge in [0.1, 0.15) is 24.5 Å². The van der Waals surface area contributed by atoms with Crippen molar-refractivity contribution in [2.75, 3.05) is 6.61 Å². The summed E-state index contributed by atoms with van der Waals surface area (Å²) in [4.78, 5) is 41.4. The predicted octanol–water partition coefficient (Wildman–Crippen LogP) is -3.34. The van der Waals surface area contributed by atoms with E-state index in [1.165, 1.54) is 0 Å². The molecular weight excluding hydrogens is 313 g/mol. The molecule has 1 aliphatic heterocycles. The average Bonchev–Trinajstić information content (AvgIpc) is 2.64. The number of aromatic amines is 1. The summed E-state index contributed by atoms with van der Waals surface area (Å²) in [5.74, 6) is 0. The monoisotopic (exact) mass is 325 g/mol. The van der Waals surface area contributed by atoms with E-state index < -0.39 is 50.2 Å². The summed E-state index contributed by atoms with van der Waals surface area (Å²) in [5.41, 5.74) is -1.74. The molecule has 1 fully saturated rings. The lowest BCUT2D eigenvalue weighted by atomic mass is 10.1. The van der Waals surface area contributed by atoms with E-state index in [9.17, 15) is 24.4 Å². The molecule has 2 rings (SSSR count). The van der Waals surface area contributed by atoms with Crippen LogP contribution < -0.4 is 11.2 Å². The number of nitrogens with one attached hydrogen (secondary N) is 1. The molecule has 0 amide bonds. The van der Waals surface area contributed by atoms with Crippen LogP contribution in [0.15, 0.2) is 15.8 Å². The number of nitrogens with zero attached hydrogens (tertiary/aromatic N) is 2. The minimum atomic E-state index is -4.78. The van der Waals surface area contributed by atoms with Crippen molar-refractivity contribution in [3.8, 4) is 0 Å². The third-order valence-corrected chi connectivity index (χ3v) is 3.21. The van der Waals surface area contributed by atoms with Crippen molar-refractivity contribution < 1.29 is 33.8 Å². The second kappa shape index (κ2) is 5.77. The largest absolute Gasteiger partial charge is 0.469 e. The van der Waals surface area contributed by atoms with E-state index in [1.807, 2.05) is 4.98 Å². The van der Waals surface area contributed by atoms with Crippen LogP contribution in [0.2, 0.25) is 0 Å². The van der Waals surface area contributed by atoms with E-state index in [4.69, 9.17) is 14.5 Å². The maximum Gasteiger partial charge on any atom is 0.469 e. The molecule has 0 spiro atoms. The molecule has 13 heteroatoms. The number of hydrogen-bond acceptors (Lipinski definition) is 8. The minimum Gasteiger partial charge on any atom is -0.387 e. The number of aliphatic hydroxyl groups excluding tert-OH is 2. The Morgan fingerprint density at radius 2 is 2.05 bits per heavy atom. The van der Waals surface area contributed by atoms with Crippen molar-refractivity contribution in [1.29, 1.82) is 0 Å². The number of phosphoric ester groups is 1. The molecule has 0 radical (unpaired) electrons. The minimum absolute atomic E-state index is 0.590. The van der Waals surface area contributed by atoms with Crippen molar-refractivity contribution in [2.24, 2.45) is 0 Å². The SMILES string of the molecule is O=c1cnn([C@H]2O[C@@H](COP(=O)(O)O)[C@@H](O)[C@@H]2O)c(=O)[nH]1. The summed E-state index contributed by atoms with van der Waals surface area (Å²) in [6.45, 7) is -0.711. The van der Waals surface area contributed by atoms with Gasteiger partial charge in [-0.1, -0.05) is 0 Å². The summed E-state index contributed by atoms with van der Waals surface area (Å²) >= 11 is 0. The number of aromatic nitrogens is 3. The summed E-state index contributed by atoms with van der Waals surface area (Å²) < 4.78 is 20.4. The van der Waals surface area contributed by atoms with Crippen LogP contribution in [0.5, 0.6) is 0 Å². The van der Waals surface area contributed by atoms with Crippen molar-refractivity contribution in [2.45, 2.75) is 24.5 Å². The molecule has 1 aromatic heterocycles.